The number of halogens is 1. The van der Waals surface area contributed by atoms with Crippen molar-refractivity contribution in [2.24, 2.45) is 5.92 Å². The number of anilines is 2. The van der Waals surface area contributed by atoms with Crippen molar-refractivity contribution < 1.29 is 9.18 Å². The van der Waals surface area contributed by atoms with Crippen LogP contribution >= 0.6 is 0 Å². The van der Waals surface area contributed by atoms with Gasteiger partial charge in [-0.05, 0) is 68.7 Å². The molecule has 1 aliphatic heterocycles. The minimum atomic E-state index is -0.288. The minimum Gasteiger partial charge on any atom is -0.356 e. The first-order valence-electron chi connectivity index (χ1n) is 10.2. The van der Waals surface area contributed by atoms with Gasteiger partial charge in [0.2, 0.25) is 5.91 Å². The average Bonchev–Trinajstić information content (AvgIpc) is 2.76. The second-order valence-corrected chi connectivity index (χ2v) is 7.84. The van der Waals surface area contributed by atoms with Crippen LogP contribution in [0.2, 0.25) is 0 Å². The van der Waals surface area contributed by atoms with E-state index >= 15 is 0 Å². The van der Waals surface area contributed by atoms with Crippen LogP contribution in [-0.2, 0) is 4.79 Å². The third-order valence-electron chi connectivity index (χ3n) is 5.50. The van der Waals surface area contributed by atoms with E-state index in [-0.39, 0.29) is 17.6 Å². The number of nitrogens with one attached hydrogen (secondary N) is 1. The Morgan fingerprint density at radius 2 is 1.93 bits per heavy atom. The topological polar surface area (TPSA) is 58.1 Å². The molecule has 30 heavy (non-hydrogen) atoms. The number of hydrogen-bond acceptors (Lipinski definition) is 4. The minimum absolute atomic E-state index is 0.0412. The maximum atomic E-state index is 13.2. The molecule has 2 heterocycles. The number of nitrogens with zero attached hydrogens (tertiary/aromatic N) is 3. The zero-order valence-corrected chi connectivity index (χ0v) is 17.2. The van der Waals surface area contributed by atoms with Crippen LogP contribution in [0.5, 0.6) is 0 Å². The predicted octanol–water partition coefficient (Wildman–Crippen LogP) is 4.75. The molecule has 1 amide bonds. The zero-order valence-electron chi connectivity index (χ0n) is 17.2. The molecule has 3 aromatic rings. The van der Waals surface area contributed by atoms with Gasteiger partial charge in [0.25, 0.3) is 0 Å². The molecule has 1 saturated heterocycles. The number of carbonyl (C=O) groups excluding carboxylic acids is 1. The van der Waals surface area contributed by atoms with Crippen molar-refractivity contribution in [3.05, 3.63) is 71.7 Å². The van der Waals surface area contributed by atoms with Gasteiger partial charge in [-0.1, -0.05) is 17.7 Å². The number of piperidine rings is 1. The van der Waals surface area contributed by atoms with Crippen LogP contribution < -0.4 is 10.2 Å². The van der Waals surface area contributed by atoms with E-state index in [4.69, 9.17) is 0 Å². The second-order valence-electron chi connectivity index (χ2n) is 7.84. The zero-order chi connectivity index (χ0) is 21.1. The van der Waals surface area contributed by atoms with Crippen molar-refractivity contribution in [1.29, 1.82) is 0 Å². The number of rotatable bonds is 4. The lowest BCUT2D eigenvalue weighted by Crippen LogP contribution is -2.41. The summed E-state index contributed by atoms with van der Waals surface area (Å²) in [7, 11) is 0. The molecule has 0 unspecified atom stereocenters. The SMILES string of the molecule is Cc1ccc(NC(=O)[C@@H]2CCCN(c3ccnc(-c4ccc(F)cc4)n3)C2)c(C)c1. The molecule has 154 valence electrons. The van der Waals surface area contributed by atoms with Crippen LogP contribution in [0.25, 0.3) is 11.4 Å². The lowest BCUT2D eigenvalue weighted by Gasteiger charge is -2.33. The molecule has 0 radical (unpaired) electrons. The highest BCUT2D eigenvalue weighted by atomic mass is 19.1. The Hall–Kier alpha value is -3.28. The normalized spacial score (nSPS) is 16.4. The lowest BCUT2D eigenvalue weighted by molar-refractivity contribution is -0.120. The quantitative estimate of drug-likeness (QED) is 0.681. The fraction of sp³-hybridized carbons (Fsp3) is 0.292. The van der Waals surface area contributed by atoms with Crippen LogP contribution in [0.1, 0.15) is 24.0 Å². The summed E-state index contributed by atoms with van der Waals surface area (Å²) < 4.78 is 13.2. The third kappa shape index (κ3) is 4.48. The Morgan fingerprint density at radius 3 is 2.70 bits per heavy atom. The van der Waals surface area contributed by atoms with Gasteiger partial charge in [0.05, 0.1) is 5.92 Å². The summed E-state index contributed by atoms with van der Waals surface area (Å²) in [5.74, 6) is 0.981. The van der Waals surface area contributed by atoms with Crippen molar-refractivity contribution in [2.75, 3.05) is 23.3 Å². The summed E-state index contributed by atoms with van der Waals surface area (Å²) >= 11 is 0. The van der Waals surface area contributed by atoms with E-state index in [0.29, 0.717) is 12.4 Å². The number of aromatic nitrogens is 2. The molecule has 1 aromatic heterocycles. The van der Waals surface area contributed by atoms with Crippen molar-refractivity contribution in [2.45, 2.75) is 26.7 Å². The number of hydrogen-bond donors (Lipinski definition) is 1. The van der Waals surface area contributed by atoms with E-state index in [9.17, 15) is 9.18 Å². The summed E-state index contributed by atoms with van der Waals surface area (Å²) in [6.07, 6.45) is 3.48. The first-order valence-corrected chi connectivity index (χ1v) is 10.2. The van der Waals surface area contributed by atoms with E-state index in [1.165, 1.54) is 17.7 Å². The van der Waals surface area contributed by atoms with Crippen LogP contribution in [0, 0.1) is 25.6 Å². The maximum Gasteiger partial charge on any atom is 0.229 e. The Morgan fingerprint density at radius 1 is 1.13 bits per heavy atom. The number of aryl methyl sites for hydroxylation is 2. The third-order valence-corrected chi connectivity index (χ3v) is 5.50. The molecule has 1 atom stereocenters. The first-order chi connectivity index (χ1) is 14.5. The van der Waals surface area contributed by atoms with E-state index in [1.54, 1.807) is 18.3 Å². The van der Waals surface area contributed by atoms with Gasteiger partial charge in [0.15, 0.2) is 5.82 Å². The molecule has 0 saturated carbocycles. The van der Waals surface area contributed by atoms with Gasteiger partial charge in [-0.15, -0.1) is 0 Å². The Kier molecular flexibility index (Phi) is 5.74. The first kappa shape index (κ1) is 20.0. The van der Waals surface area contributed by atoms with Gasteiger partial charge < -0.3 is 10.2 Å². The highest BCUT2D eigenvalue weighted by Gasteiger charge is 2.27. The van der Waals surface area contributed by atoms with E-state index in [2.05, 4.69) is 26.3 Å². The van der Waals surface area contributed by atoms with E-state index < -0.39 is 0 Å². The highest BCUT2D eigenvalue weighted by Crippen LogP contribution is 2.25. The number of carbonyl (C=O) groups is 1. The fourth-order valence-corrected chi connectivity index (χ4v) is 3.85. The number of amides is 1. The van der Waals surface area contributed by atoms with Gasteiger partial charge >= 0.3 is 0 Å². The number of benzene rings is 2. The predicted molar refractivity (Wildman–Crippen MR) is 117 cm³/mol. The Balaban J connectivity index is 1.48. The Bertz CT molecular complexity index is 1050. The molecule has 0 spiro atoms. The summed E-state index contributed by atoms with van der Waals surface area (Å²) in [5.41, 5.74) is 3.87. The second kappa shape index (κ2) is 8.61. The molecule has 0 aliphatic carbocycles. The van der Waals surface area contributed by atoms with E-state index in [0.717, 1.165) is 42.0 Å². The van der Waals surface area contributed by atoms with Crippen LogP contribution in [0.4, 0.5) is 15.9 Å². The van der Waals surface area contributed by atoms with E-state index in [1.807, 2.05) is 32.0 Å². The lowest BCUT2D eigenvalue weighted by atomic mass is 9.96. The van der Waals surface area contributed by atoms with Crippen LogP contribution in [0.15, 0.2) is 54.7 Å². The van der Waals surface area contributed by atoms with Crippen LogP contribution in [0.3, 0.4) is 0 Å². The standard InChI is InChI=1S/C24H25FN4O/c1-16-5-10-21(17(2)14-16)27-24(30)19-4-3-13-29(15-19)22-11-12-26-23(28-22)18-6-8-20(25)9-7-18/h5-12,14,19H,3-4,13,15H2,1-2H3,(H,27,30)/t19-/m1/s1. The summed E-state index contributed by atoms with van der Waals surface area (Å²) in [6, 6.07) is 14.0. The van der Waals surface area contributed by atoms with Gasteiger partial charge in [-0.25, -0.2) is 14.4 Å². The van der Waals surface area contributed by atoms with Gasteiger partial charge in [0.1, 0.15) is 11.6 Å². The molecule has 1 N–H and O–H groups in total. The molecule has 2 aromatic carbocycles. The van der Waals surface area contributed by atoms with Gasteiger partial charge in [0, 0.05) is 30.5 Å². The Labute approximate surface area is 176 Å². The molecular formula is C24H25FN4O. The van der Waals surface area contributed by atoms with Crippen molar-refractivity contribution in [3.8, 4) is 11.4 Å². The summed E-state index contributed by atoms with van der Waals surface area (Å²) in [4.78, 5) is 24.0. The molecule has 1 fully saturated rings. The molecule has 4 rings (SSSR count). The molecule has 5 nitrogen and oxygen atoms in total. The van der Waals surface area contributed by atoms with Crippen molar-refractivity contribution in [3.63, 3.8) is 0 Å². The van der Waals surface area contributed by atoms with Crippen molar-refractivity contribution >= 4 is 17.4 Å². The van der Waals surface area contributed by atoms with Gasteiger partial charge in [-0.2, -0.15) is 0 Å². The summed E-state index contributed by atoms with van der Waals surface area (Å²) in [5, 5.41) is 3.09. The molecule has 6 heteroatoms. The van der Waals surface area contributed by atoms with Gasteiger partial charge in [-0.3, -0.25) is 4.79 Å². The molecule has 1 aliphatic rings. The highest BCUT2D eigenvalue weighted by molar-refractivity contribution is 5.93. The molecular weight excluding hydrogens is 379 g/mol. The smallest absolute Gasteiger partial charge is 0.229 e. The monoisotopic (exact) mass is 404 g/mol. The summed E-state index contributed by atoms with van der Waals surface area (Å²) in [6.45, 7) is 5.50. The van der Waals surface area contributed by atoms with Crippen LogP contribution in [-0.4, -0.2) is 29.0 Å². The maximum absolute atomic E-state index is 13.2. The fourth-order valence-electron chi connectivity index (χ4n) is 3.85. The average molecular weight is 404 g/mol. The van der Waals surface area contributed by atoms with Crippen molar-refractivity contribution in [1.82, 2.24) is 9.97 Å². The molecule has 0 bridgehead atoms. The largest absolute Gasteiger partial charge is 0.356 e.